The summed E-state index contributed by atoms with van der Waals surface area (Å²) >= 11 is 1.75. The van der Waals surface area contributed by atoms with Gasteiger partial charge in [-0.3, -0.25) is 9.69 Å². The van der Waals surface area contributed by atoms with Crippen molar-refractivity contribution >= 4 is 23.2 Å². The van der Waals surface area contributed by atoms with Crippen molar-refractivity contribution in [1.29, 1.82) is 0 Å². The normalized spacial score (nSPS) is 26.3. The van der Waals surface area contributed by atoms with Gasteiger partial charge in [0.25, 0.3) is 0 Å². The first-order chi connectivity index (χ1) is 14.8. The smallest absolute Gasteiger partial charge is 0.475 e. The molecule has 2 saturated heterocycles. The SMILES string of the molecule is O=C(CO[C@@H]1CC[C@H]2[C@H]1OCCN2Cc1ccsc1)N1CCCC1.O=C(O)C(F)(F)F. The zero-order valence-corrected chi connectivity index (χ0v) is 17.9. The van der Waals surface area contributed by atoms with E-state index in [1.165, 1.54) is 5.56 Å². The number of morpholine rings is 1. The summed E-state index contributed by atoms with van der Waals surface area (Å²) in [5, 5.41) is 11.5. The third-order valence-corrected chi connectivity index (χ3v) is 6.47. The fourth-order valence-corrected chi connectivity index (χ4v) is 4.88. The first-order valence-electron chi connectivity index (χ1n) is 10.3. The van der Waals surface area contributed by atoms with Crippen LogP contribution in [-0.4, -0.2) is 84.1 Å². The average Bonchev–Trinajstić information content (AvgIpc) is 3.48. The number of fused-ring (bicyclic) bond motifs is 1. The number of carboxylic acid groups (broad SMARTS) is 1. The summed E-state index contributed by atoms with van der Waals surface area (Å²) in [5.74, 6) is -2.62. The lowest BCUT2D eigenvalue weighted by atomic mass is 10.1. The Hall–Kier alpha value is -1.69. The Balaban J connectivity index is 0.000000339. The molecular weight excluding hydrogens is 437 g/mol. The van der Waals surface area contributed by atoms with Gasteiger partial charge in [0.15, 0.2) is 0 Å². The molecule has 3 heterocycles. The summed E-state index contributed by atoms with van der Waals surface area (Å²) in [7, 11) is 0. The number of hydrogen-bond acceptors (Lipinski definition) is 6. The van der Waals surface area contributed by atoms with Crippen molar-refractivity contribution < 1.29 is 37.3 Å². The molecule has 0 bridgehead atoms. The van der Waals surface area contributed by atoms with Crippen LogP contribution < -0.4 is 0 Å². The maximum Gasteiger partial charge on any atom is 0.490 e. The number of aliphatic carboxylic acids is 1. The zero-order valence-electron chi connectivity index (χ0n) is 17.1. The minimum Gasteiger partial charge on any atom is -0.475 e. The first-order valence-corrected chi connectivity index (χ1v) is 11.3. The summed E-state index contributed by atoms with van der Waals surface area (Å²) in [6.45, 7) is 4.73. The molecule has 0 aromatic carbocycles. The molecule has 2 aliphatic heterocycles. The molecule has 1 aliphatic carbocycles. The van der Waals surface area contributed by atoms with Crippen LogP contribution in [0.15, 0.2) is 16.8 Å². The second-order valence-corrected chi connectivity index (χ2v) is 8.60. The Bertz CT molecular complexity index is 725. The molecule has 0 radical (unpaired) electrons. The van der Waals surface area contributed by atoms with Crippen LogP contribution in [0, 0.1) is 0 Å². The molecule has 1 aromatic heterocycles. The third-order valence-electron chi connectivity index (χ3n) is 5.74. The predicted octanol–water partition coefficient (Wildman–Crippen LogP) is 2.75. The molecule has 3 atom stereocenters. The van der Waals surface area contributed by atoms with Crippen molar-refractivity contribution in [2.45, 2.75) is 56.7 Å². The van der Waals surface area contributed by atoms with Crippen molar-refractivity contribution in [3.63, 3.8) is 0 Å². The van der Waals surface area contributed by atoms with E-state index in [1.54, 1.807) is 11.3 Å². The molecule has 4 rings (SSSR count). The molecule has 1 aromatic rings. The number of carbonyl (C=O) groups excluding carboxylic acids is 1. The van der Waals surface area contributed by atoms with Gasteiger partial charge in [0.1, 0.15) is 6.61 Å². The molecule has 0 spiro atoms. The number of carbonyl (C=O) groups is 2. The predicted molar refractivity (Wildman–Crippen MR) is 107 cm³/mol. The van der Waals surface area contributed by atoms with Gasteiger partial charge in [-0.2, -0.15) is 24.5 Å². The molecule has 1 saturated carbocycles. The topological polar surface area (TPSA) is 79.3 Å². The number of thiophene rings is 1. The number of hydrogen-bond donors (Lipinski definition) is 1. The van der Waals surface area contributed by atoms with Gasteiger partial charge in [0.05, 0.1) is 18.8 Å². The number of likely N-dealkylation sites (tertiary alicyclic amines) is 1. The van der Waals surface area contributed by atoms with Gasteiger partial charge in [0.2, 0.25) is 5.91 Å². The highest BCUT2D eigenvalue weighted by atomic mass is 32.1. The monoisotopic (exact) mass is 464 g/mol. The number of alkyl halides is 3. The van der Waals surface area contributed by atoms with E-state index in [0.717, 1.165) is 58.5 Å². The van der Waals surface area contributed by atoms with Crippen molar-refractivity contribution in [3.05, 3.63) is 22.4 Å². The van der Waals surface area contributed by atoms with Gasteiger partial charge in [-0.15, -0.1) is 0 Å². The summed E-state index contributed by atoms with van der Waals surface area (Å²) in [5.41, 5.74) is 1.38. The van der Waals surface area contributed by atoms with Crippen molar-refractivity contribution in [2.75, 3.05) is 32.8 Å². The molecular formula is C20H27F3N2O5S. The van der Waals surface area contributed by atoms with E-state index >= 15 is 0 Å². The summed E-state index contributed by atoms with van der Waals surface area (Å²) in [4.78, 5) is 25.5. The Kier molecular flexibility index (Phi) is 8.31. The minimum absolute atomic E-state index is 0.0619. The second-order valence-electron chi connectivity index (χ2n) is 7.82. The summed E-state index contributed by atoms with van der Waals surface area (Å²) in [6.07, 6.45) is -0.572. The highest BCUT2D eigenvalue weighted by Crippen LogP contribution is 2.33. The lowest BCUT2D eigenvalue weighted by Gasteiger charge is -2.39. The molecule has 174 valence electrons. The number of carboxylic acids is 1. The van der Waals surface area contributed by atoms with Crippen molar-refractivity contribution in [2.24, 2.45) is 0 Å². The van der Waals surface area contributed by atoms with Gasteiger partial charge in [0, 0.05) is 32.2 Å². The number of rotatable bonds is 5. The maximum atomic E-state index is 12.2. The molecule has 3 fully saturated rings. The fourth-order valence-electron chi connectivity index (χ4n) is 4.22. The van der Waals surface area contributed by atoms with E-state index in [2.05, 4.69) is 21.7 Å². The van der Waals surface area contributed by atoms with E-state index in [1.807, 2.05) is 4.90 Å². The minimum atomic E-state index is -5.08. The fraction of sp³-hybridized carbons (Fsp3) is 0.700. The maximum absolute atomic E-state index is 12.2. The highest BCUT2D eigenvalue weighted by molar-refractivity contribution is 7.07. The summed E-state index contributed by atoms with van der Waals surface area (Å²) in [6, 6.07) is 2.62. The lowest BCUT2D eigenvalue weighted by Crippen LogP contribution is -2.51. The Labute approximate surface area is 182 Å². The van der Waals surface area contributed by atoms with E-state index in [-0.39, 0.29) is 24.7 Å². The third kappa shape index (κ3) is 6.64. The molecule has 3 aliphatic rings. The number of halogens is 3. The largest absolute Gasteiger partial charge is 0.490 e. The van der Waals surface area contributed by atoms with Crippen LogP contribution in [0.3, 0.4) is 0 Å². The number of nitrogens with zero attached hydrogens (tertiary/aromatic N) is 2. The van der Waals surface area contributed by atoms with Gasteiger partial charge in [-0.1, -0.05) is 0 Å². The standard InChI is InChI=1S/C18H26N2O3S.C2HF3O2/c21-17(19-6-1-2-7-19)12-23-16-4-3-15-18(16)22-9-8-20(15)11-14-5-10-24-13-14;3-2(4,5)1(6)7/h5,10,13,15-16,18H,1-4,6-9,11-12H2;(H,6,7)/t15-,16+,18+;/m0./s1. The molecule has 0 unspecified atom stereocenters. The molecule has 11 heteroatoms. The van der Waals surface area contributed by atoms with Crippen LogP contribution in [0.25, 0.3) is 0 Å². The van der Waals surface area contributed by atoms with Crippen molar-refractivity contribution in [3.8, 4) is 0 Å². The average molecular weight is 465 g/mol. The zero-order chi connectivity index (χ0) is 22.4. The van der Waals surface area contributed by atoms with Crippen LogP contribution in [0.4, 0.5) is 13.2 Å². The van der Waals surface area contributed by atoms with Crippen LogP contribution in [0.5, 0.6) is 0 Å². The van der Waals surface area contributed by atoms with Crippen LogP contribution in [0.2, 0.25) is 0 Å². The van der Waals surface area contributed by atoms with Crippen molar-refractivity contribution in [1.82, 2.24) is 9.80 Å². The van der Waals surface area contributed by atoms with E-state index in [9.17, 15) is 18.0 Å². The Morgan fingerprint density at radius 3 is 2.55 bits per heavy atom. The number of amides is 1. The second kappa shape index (κ2) is 10.8. The van der Waals surface area contributed by atoms with E-state index < -0.39 is 12.1 Å². The van der Waals surface area contributed by atoms with Gasteiger partial charge < -0.3 is 19.5 Å². The highest BCUT2D eigenvalue weighted by Gasteiger charge is 2.43. The van der Waals surface area contributed by atoms with Crippen LogP contribution >= 0.6 is 11.3 Å². The van der Waals surface area contributed by atoms with E-state index in [4.69, 9.17) is 19.4 Å². The first kappa shape index (κ1) is 24.0. The number of ether oxygens (including phenoxy) is 2. The van der Waals surface area contributed by atoms with Gasteiger partial charge in [-0.05, 0) is 48.1 Å². The van der Waals surface area contributed by atoms with E-state index in [0.29, 0.717) is 6.04 Å². The van der Waals surface area contributed by atoms with Crippen LogP contribution in [-0.2, 0) is 25.6 Å². The molecule has 1 N–H and O–H groups in total. The molecule has 1 amide bonds. The molecule has 7 nitrogen and oxygen atoms in total. The molecule has 31 heavy (non-hydrogen) atoms. The van der Waals surface area contributed by atoms with Gasteiger partial charge >= 0.3 is 12.1 Å². The Morgan fingerprint density at radius 1 is 1.23 bits per heavy atom. The van der Waals surface area contributed by atoms with Gasteiger partial charge in [-0.25, -0.2) is 4.79 Å². The van der Waals surface area contributed by atoms with Crippen LogP contribution in [0.1, 0.15) is 31.2 Å². The Morgan fingerprint density at radius 2 is 1.94 bits per heavy atom. The lowest BCUT2D eigenvalue weighted by molar-refractivity contribution is -0.192. The summed E-state index contributed by atoms with van der Waals surface area (Å²) < 4.78 is 43.8. The quantitative estimate of drug-likeness (QED) is 0.722.